The third kappa shape index (κ3) is 4.59. The van der Waals surface area contributed by atoms with Crippen molar-refractivity contribution in [1.29, 1.82) is 0 Å². The molecule has 1 aliphatic rings. The molecule has 112 valence electrons. The molecule has 1 fully saturated rings. The molecule has 1 aliphatic heterocycles. The SMILES string of the molecule is O=C(O)CCc1ccc(NC(=O)C2CCC(=O)NC2)cc1. The topological polar surface area (TPSA) is 95.5 Å². The minimum Gasteiger partial charge on any atom is -0.481 e. The van der Waals surface area contributed by atoms with Gasteiger partial charge in [-0.3, -0.25) is 14.4 Å². The molecule has 1 aromatic carbocycles. The van der Waals surface area contributed by atoms with Gasteiger partial charge in [0, 0.05) is 25.1 Å². The molecule has 1 aromatic rings. The summed E-state index contributed by atoms with van der Waals surface area (Å²) in [5.74, 6) is -1.14. The van der Waals surface area contributed by atoms with Crippen LogP contribution in [0.5, 0.6) is 0 Å². The molecule has 1 unspecified atom stereocenters. The summed E-state index contributed by atoms with van der Waals surface area (Å²) < 4.78 is 0. The molecule has 0 aliphatic carbocycles. The maximum absolute atomic E-state index is 12.0. The van der Waals surface area contributed by atoms with E-state index in [1.54, 1.807) is 24.3 Å². The molecule has 0 bridgehead atoms. The van der Waals surface area contributed by atoms with Crippen molar-refractivity contribution < 1.29 is 19.5 Å². The summed E-state index contributed by atoms with van der Waals surface area (Å²) in [6.45, 7) is 0.376. The molecule has 0 aromatic heterocycles. The maximum Gasteiger partial charge on any atom is 0.303 e. The average Bonchev–Trinajstić information content (AvgIpc) is 2.47. The molecule has 2 amide bonds. The normalized spacial score (nSPS) is 17.9. The number of carbonyl (C=O) groups is 3. The molecule has 6 heteroatoms. The van der Waals surface area contributed by atoms with Crippen molar-refractivity contribution in [3.63, 3.8) is 0 Å². The Balaban J connectivity index is 1.86. The van der Waals surface area contributed by atoms with Crippen LogP contribution >= 0.6 is 0 Å². The lowest BCUT2D eigenvalue weighted by atomic mass is 9.98. The number of carboxylic acids is 1. The lowest BCUT2D eigenvalue weighted by molar-refractivity contribution is -0.137. The van der Waals surface area contributed by atoms with Crippen molar-refractivity contribution in [3.05, 3.63) is 29.8 Å². The van der Waals surface area contributed by atoms with Gasteiger partial charge in [-0.05, 0) is 30.5 Å². The van der Waals surface area contributed by atoms with E-state index in [-0.39, 0.29) is 24.2 Å². The second-order valence-electron chi connectivity index (χ2n) is 5.12. The van der Waals surface area contributed by atoms with E-state index in [1.807, 2.05) is 0 Å². The second-order valence-corrected chi connectivity index (χ2v) is 5.12. The van der Waals surface area contributed by atoms with E-state index in [2.05, 4.69) is 10.6 Å². The van der Waals surface area contributed by atoms with Gasteiger partial charge in [0.15, 0.2) is 0 Å². The van der Waals surface area contributed by atoms with Crippen molar-refractivity contribution in [2.24, 2.45) is 5.92 Å². The number of nitrogens with one attached hydrogen (secondary N) is 2. The Kier molecular flexibility index (Phi) is 4.92. The van der Waals surface area contributed by atoms with Crippen LogP contribution in [0.25, 0.3) is 0 Å². The van der Waals surface area contributed by atoms with Gasteiger partial charge in [0.1, 0.15) is 0 Å². The second kappa shape index (κ2) is 6.88. The van der Waals surface area contributed by atoms with Gasteiger partial charge in [-0.15, -0.1) is 0 Å². The summed E-state index contributed by atoms with van der Waals surface area (Å²) >= 11 is 0. The number of anilines is 1. The van der Waals surface area contributed by atoms with Crippen molar-refractivity contribution in [1.82, 2.24) is 5.32 Å². The van der Waals surface area contributed by atoms with Gasteiger partial charge in [0.2, 0.25) is 11.8 Å². The summed E-state index contributed by atoms with van der Waals surface area (Å²) in [5.41, 5.74) is 1.59. The minimum absolute atomic E-state index is 0.0122. The summed E-state index contributed by atoms with van der Waals surface area (Å²) in [4.78, 5) is 33.6. The Hall–Kier alpha value is -2.37. The average molecular weight is 290 g/mol. The van der Waals surface area contributed by atoms with Crippen LogP contribution in [0.1, 0.15) is 24.8 Å². The van der Waals surface area contributed by atoms with E-state index >= 15 is 0 Å². The van der Waals surface area contributed by atoms with Crippen LogP contribution in [0.4, 0.5) is 5.69 Å². The zero-order valence-electron chi connectivity index (χ0n) is 11.6. The molecule has 0 radical (unpaired) electrons. The van der Waals surface area contributed by atoms with Crippen molar-refractivity contribution >= 4 is 23.5 Å². The Labute approximate surface area is 122 Å². The summed E-state index contributed by atoms with van der Waals surface area (Å²) in [5, 5.41) is 14.1. The van der Waals surface area contributed by atoms with Gasteiger partial charge in [-0.2, -0.15) is 0 Å². The number of aliphatic carboxylic acids is 1. The Morgan fingerprint density at radius 2 is 2.00 bits per heavy atom. The molecule has 1 atom stereocenters. The molecule has 1 saturated heterocycles. The number of carbonyl (C=O) groups excluding carboxylic acids is 2. The number of benzene rings is 1. The van der Waals surface area contributed by atoms with Gasteiger partial charge in [-0.25, -0.2) is 0 Å². The monoisotopic (exact) mass is 290 g/mol. The van der Waals surface area contributed by atoms with Gasteiger partial charge < -0.3 is 15.7 Å². The van der Waals surface area contributed by atoms with Gasteiger partial charge in [0.05, 0.1) is 5.92 Å². The maximum atomic E-state index is 12.0. The third-order valence-electron chi connectivity index (χ3n) is 3.49. The zero-order valence-corrected chi connectivity index (χ0v) is 11.6. The quantitative estimate of drug-likeness (QED) is 0.758. The molecule has 0 spiro atoms. The number of aryl methyl sites for hydroxylation is 1. The summed E-state index contributed by atoms with van der Waals surface area (Å²) in [6.07, 6.45) is 1.51. The summed E-state index contributed by atoms with van der Waals surface area (Å²) in [6, 6.07) is 7.13. The van der Waals surface area contributed by atoms with E-state index in [0.29, 0.717) is 31.5 Å². The molecule has 1 heterocycles. The first kappa shape index (κ1) is 15.0. The van der Waals surface area contributed by atoms with E-state index in [1.165, 1.54) is 0 Å². The number of amides is 2. The van der Waals surface area contributed by atoms with Crippen LogP contribution in [0.2, 0.25) is 0 Å². The Morgan fingerprint density at radius 3 is 2.57 bits per heavy atom. The minimum atomic E-state index is -0.827. The molecule has 6 nitrogen and oxygen atoms in total. The smallest absolute Gasteiger partial charge is 0.303 e. The Bertz CT molecular complexity index is 529. The van der Waals surface area contributed by atoms with Crippen LogP contribution in [0.3, 0.4) is 0 Å². The zero-order chi connectivity index (χ0) is 15.2. The van der Waals surface area contributed by atoms with Crippen molar-refractivity contribution in [3.8, 4) is 0 Å². The number of rotatable bonds is 5. The molecule has 3 N–H and O–H groups in total. The fourth-order valence-corrected chi connectivity index (χ4v) is 2.21. The highest BCUT2D eigenvalue weighted by atomic mass is 16.4. The first-order chi connectivity index (χ1) is 10.0. The van der Waals surface area contributed by atoms with E-state index in [9.17, 15) is 14.4 Å². The van der Waals surface area contributed by atoms with Crippen LogP contribution in [-0.4, -0.2) is 29.4 Å². The Morgan fingerprint density at radius 1 is 1.29 bits per heavy atom. The molecular formula is C15H18N2O4. The standard InChI is InChI=1S/C15H18N2O4/c18-13-7-4-11(9-16-13)15(21)17-12-5-1-10(2-6-12)3-8-14(19)20/h1-2,5-6,11H,3-4,7-9H2,(H,16,18)(H,17,21)(H,19,20). The van der Waals surface area contributed by atoms with E-state index in [4.69, 9.17) is 5.11 Å². The van der Waals surface area contributed by atoms with Gasteiger partial charge >= 0.3 is 5.97 Å². The van der Waals surface area contributed by atoms with Gasteiger partial charge in [0.25, 0.3) is 0 Å². The highest BCUT2D eigenvalue weighted by Crippen LogP contribution is 2.16. The summed E-state index contributed by atoms with van der Waals surface area (Å²) in [7, 11) is 0. The number of piperidine rings is 1. The highest BCUT2D eigenvalue weighted by Gasteiger charge is 2.24. The van der Waals surface area contributed by atoms with Crippen molar-refractivity contribution in [2.45, 2.75) is 25.7 Å². The van der Waals surface area contributed by atoms with Crippen molar-refractivity contribution in [2.75, 3.05) is 11.9 Å². The number of hydrogen-bond donors (Lipinski definition) is 3. The van der Waals surface area contributed by atoms with Crippen LogP contribution in [-0.2, 0) is 20.8 Å². The van der Waals surface area contributed by atoms with Crippen LogP contribution in [0.15, 0.2) is 24.3 Å². The first-order valence-electron chi connectivity index (χ1n) is 6.93. The van der Waals surface area contributed by atoms with Gasteiger partial charge in [-0.1, -0.05) is 12.1 Å². The largest absolute Gasteiger partial charge is 0.481 e. The fraction of sp³-hybridized carbons (Fsp3) is 0.400. The highest BCUT2D eigenvalue weighted by molar-refractivity contribution is 5.94. The lowest BCUT2D eigenvalue weighted by Gasteiger charge is -2.21. The van der Waals surface area contributed by atoms with Crippen LogP contribution in [0, 0.1) is 5.92 Å². The first-order valence-corrected chi connectivity index (χ1v) is 6.93. The fourth-order valence-electron chi connectivity index (χ4n) is 2.21. The number of carboxylic acid groups (broad SMARTS) is 1. The lowest BCUT2D eigenvalue weighted by Crippen LogP contribution is -2.40. The van der Waals surface area contributed by atoms with E-state index < -0.39 is 5.97 Å². The molecule has 2 rings (SSSR count). The third-order valence-corrected chi connectivity index (χ3v) is 3.49. The predicted molar refractivity (Wildman–Crippen MR) is 76.8 cm³/mol. The van der Waals surface area contributed by atoms with E-state index in [0.717, 1.165) is 5.56 Å². The molecule has 0 saturated carbocycles. The predicted octanol–water partition coefficient (Wildman–Crippen LogP) is 1.17. The molecule has 21 heavy (non-hydrogen) atoms. The molecular weight excluding hydrogens is 272 g/mol. The van der Waals surface area contributed by atoms with Crippen LogP contribution < -0.4 is 10.6 Å². The number of hydrogen-bond acceptors (Lipinski definition) is 3.